The number of hydrogen-bond acceptors (Lipinski definition) is 9. The number of carbonyl (C=O) groups is 1. The van der Waals surface area contributed by atoms with Crippen molar-refractivity contribution >= 4 is 5.97 Å². The third-order valence-corrected chi connectivity index (χ3v) is 11.3. The summed E-state index contributed by atoms with van der Waals surface area (Å²) in [5, 5.41) is 73.9. The fourth-order valence-electron chi connectivity index (χ4n) is 9.56. The maximum Gasteiger partial charge on any atom is 0.355 e. The summed E-state index contributed by atoms with van der Waals surface area (Å²) in [6, 6.07) is 3.06. The second-order valence-electron chi connectivity index (χ2n) is 12.4. The lowest BCUT2D eigenvalue weighted by atomic mass is 9.52. The summed E-state index contributed by atoms with van der Waals surface area (Å²) in [5.41, 5.74) is -15.2. The topological polar surface area (TPSA) is 173 Å². The van der Waals surface area contributed by atoms with Crippen molar-refractivity contribution in [3.8, 4) is 0 Å². The van der Waals surface area contributed by atoms with Gasteiger partial charge in [0.05, 0.1) is 11.5 Å². The molecule has 194 valence electrons. The fourth-order valence-corrected chi connectivity index (χ4v) is 9.56. The van der Waals surface area contributed by atoms with Gasteiger partial charge in [-0.05, 0) is 43.7 Å². The Morgan fingerprint density at radius 2 is 1.86 bits per heavy atom. The van der Waals surface area contributed by atoms with Crippen LogP contribution in [0.4, 0.5) is 0 Å². The zero-order valence-corrected chi connectivity index (χ0v) is 20.6. The Labute approximate surface area is 202 Å². The summed E-state index contributed by atoms with van der Waals surface area (Å²) in [6.07, 6.45) is -1.63. The van der Waals surface area contributed by atoms with Gasteiger partial charge in [-0.1, -0.05) is 27.7 Å². The van der Waals surface area contributed by atoms with Gasteiger partial charge in [0.2, 0.25) is 0 Å². The highest BCUT2D eigenvalue weighted by atomic mass is 16.7. The van der Waals surface area contributed by atoms with Gasteiger partial charge in [0.25, 0.3) is 0 Å². The lowest BCUT2D eigenvalue weighted by Crippen LogP contribution is -2.75. The second kappa shape index (κ2) is 5.96. The van der Waals surface area contributed by atoms with Gasteiger partial charge in [-0.3, -0.25) is 0 Å². The highest BCUT2D eigenvalue weighted by Crippen LogP contribution is 2.90. The van der Waals surface area contributed by atoms with Gasteiger partial charge in [-0.2, -0.15) is 0 Å². The monoisotopic (exact) mass is 493 g/mol. The number of hydrogen-bond donors (Lipinski definition) is 7. The highest BCUT2D eigenvalue weighted by molar-refractivity contribution is 5.87. The van der Waals surface area contributed by atoms with Crippen molar-refractivity contribution < 1.29 is 44.9 Å². The maximum absolute atomic E-state index is 13.2. The minimum absolute atomic E-state index is 0.0654. The molecule has 1 unspecified atom stereocenters. The number of aromatic nitrogens is 1. The number of rotatable bonds is 3. The first-order chi connectivity index (χ1) is 16.0. The molecule has 1 aromatic heterocycles. The zero-order chi connectivity index (χ0) is 25.8. The predicted molar refractivity (Wildman–Crippen MR) is 119 cm³/mol. The van der Waals surface area contributed by atoms with Crippen LogP contribution in [0.2, 0.25) is 0 Å². The molecular formula is C25H35NO9. The van der Waals surface area contributed by atoms with Gasteiger partial charge in [0, 0.05) is 18.0 Å². The minimum Gasteiger partial charge on any atom is -0.451 e. The quantitative estimate of drug-likeness (QED) is 0.282. The van der Waals surface area contributed by atoms with Crippen LogP contribution in [0, 0.1) is 22.7 Å². The molecule has 1 spiro atoms. The van der Waals surface area contributed by atoms with Crippen LogP contribution in [0.25, 0.3) is 0 Å². The fraction of sp³-hybridized carbons (Fsp3) is 0.800. The van der Waals surface area contributed by atoms with Crippen LogP contribution in [-0.2, 0) is 9.47 Å². The van der Waals surface area contributed by atoms with Gasteiger partial charge < -0.3 is 45.1 Å². The van der Waals surface area contributed by atoms with E-state index in [4.69, 9.17) is 9.47 Å². The summed E-state index contributed by atoms with van der Waals surface area (Å²) in [6.45, 7) is 7.91. The van der Waals surface area contributed by atoms with Crippen LogP contribution in [0.1, 0.15) is 64.4 Å². The van der Waals surface area contributed by atoms with E-state index in [1.54, 1.807) is 26.8 Å². The molecule has 6 bridgehead atoms. The molecule has 11 atom stereocenters. The molecular weight excluding hydrogens is 458 g/mol. The van der Waals surface area contributed by atoms with Crippen LogP contribution >= 0.6 is 0 Å². The molecule has 3 heterocycles. The molecule has 7 N–H and O–H groups in total. The van der Waals surface area contributed by atoms with Crippen molar-refractivity contribution in [1.29, 1.82) is 0 Å². The standard InChI is InChI=1S/C25H35NO9/c1-12(2)22(31)17(34-16(28)14-7-6-10-26-14)23(32)18(4)11-21(30)19(22,5)25(23,33)24(35-21)15(27)13(3)8-9-20(18,24)29/h6-7,10,12-13,15,17,26-27,29-33H,8-9,11H2,1-5H3/t13-,15+,17+,18-,19-,20-,21?,22-,23+,24+,25+/m0/s1. The molecule has 4 saturated carbocycles. The third kappa shape index (κ3) is 1.74. The van der Waals surface area contributed by atoms with E-state index in [0.717, 1.165) is 0 Å². The third-order valence-electron chi connectivity index (χ3n) is 11.3. The number of esters is 1. The van der Waals surface area contributed by atoms with Crippen molar-refractivity contribution in [2.45, 2.75) is 99.9 Å². The van der Waals surface area contributed by atoms with Crippen LogP contribution in [0.5, 0.6) is 0 Å². The number of H-pyrrole nitrogens is 1. The van der Waals surface area contributed by atoms with Crippen LogP contribution in [-0.4, -0.2) is 87.6 Å². The molecule has 6 fully saturated rings. The molecule has 1 aromatic rings. The number of aliphatic hydroxyl groups excluding tert-OH is 1. The Morgan fingerprint density at radius 3 is 2.43 bits per heavy atom. The number of nitrogens with one attached hydrogen (secondary N) is 1. The second-order valence-corrected chi connectivity index (χ2v) is 12.4. The smallest absolute Gasteiger partial charge is 0.355 e. The van der Waals surface area contributed by atoms with Crippen molar-refractivity contribution in [1.82, 2.24) is 4.98 Å². The van der Waals surface area contributed by atoms with Crippen molar-refractivity contribution in [3.63, 3.8) is 0 Å². The van der Waals surface area contributed by atoms with Gasteiger partial charge in [-0.15, -0.1) is 0 Å². The van der Waals surface area contributed by atoms with E-state index < -0.39 is 74.6 Å². The largest absolute Gasteiger partial charge is 0.451 e. The Hall–Kier alpha value is -1.53. The first kappa shape index (κ1) is 23.8. The predicted octanol–water partition coefficient (Wildman–Crippen LogP) is -0.188. The SMILES string of the molecule is CC(C)[C@]1(O)[C@@H](OC(=O)c2ccc[nH]2)[C@@]2(O)[C@@]3(C)CC4(O)O[C@@]5([C@H](O)[C@@H](C)CC[C@]35O)[C@@]2(O)[C@@]41C. The van der Waals surface area contributed by atoms with E-state index in [-0.39, 0.29) is 18.5 Å². The van der Waals surface area contributed by atoms with Gasteiger partial charge in [-0.25, -0.2) is 4.79 Å². The summed E-state index contributed by atoms with van der Waals surface area (Å²) < 4.78 is 12.1. The molecule has 6 aliphatic rings. The normalized spacial score (nSPS) is 59.8. The molecule has 0 aromatic carbocycles. The van der Waals surface area contributed by atoms with E-state index in [0.29, 0.717) is 6.42 Å². The number of carbonyl (C=O) groups excluding carboxylic acids is 1. The molecule has 2 aliphatic heterocycles. The number of aliphatic hydroxyl groups is 6. The summed E-state index contributed by atoms with van der Waals surface area (Å²) in [5.74, 6) is -4.34. The van der Waals surface area contributed by atoms with Gasteiger partial charge in [0.1, 0.15) is 28.1 Å². The average Bonchev–Trinajstić information content (AvgIpc) is 3.41. The van der Waals surface area contributed by atoms with Crippen molar-refractivity contribution in [2.75, 3.05) is 0 Å². The molecule has 7 rings (SSSR count). The van der Waals surface area contributed by atoms with E-state index in [1.165, 1.54) is 26.1 Å². The minimum atomic E-state index is -2.59. The Kier molecular flexibility index (Phi) is 4.06. The maximum atomic E-state index is 13.2. The number of aromatic amines is 1. The highest BCUT2D eigenvalue weighted by Gasteiger charge is 3.10. The summed E-state index contributed by atoms with van der Waals surface area (Å²) >= 11 is 0. The first-order valence-electron chi connectivity index (χ1n) is 12.4. The van der Waals surface area contributed by atoms with Crippen molar-refractivity contribution in [2.24, 2.45) is 22.7 Å². The van der Waals surface area contributed by atoms with E-state index >= 15 is 0 Å². The Morgan fingerprint density at radius 1 is 1.20 bits per heavy atom. The van der Waals surface area contributed by atoms with E-state index in [9.17, 15) is 35.4 Å². The number of ether oxygens (including phenoxy) is 2. The van der Waals surface area contributed by atoms with Crippen LogP contribution in [0.15, 0.2) is 18.3 Å². The van der Waals surface area contributed by atoms with Gasteiger partial charge in [0.15, 0.2) is 17.5 Å². The molecule has 10 heteroatoms. The first-order valence-corrected chi connectivity index (χ1v) is 12.4. The lowest BCUT2D eigenvalue weighted by Gasteiger charge is -2.60. The van der Waals surface area contributed by atoms with Crippen molar-refractivity contribution in [3.05, 3.63) is 24.0 Å². The molecule has 10 nitrogen and oxygen atoms in total. The Bertz CT molecular complexity index is 1130. The van der Waals surface area contributed by atoms with Gasteiger partial charge >= 0.3 is 5.97 Å². The van der Waals surface area contributed by atoms with Crippen LogP contribution in [0.3, 0.4) is 0 Å². The summed E-state index contributed by atoms with van der Waals surface area (Å²) in [7, 11) is 0. The summed E-state index contributed by atoms with van der Waals surface area (Å²) in [4.78, 5) is 15.9. The van der Waals surface area contributed by atoms with E-state index in [1.807, 2.05) is 0 Å². The molecule has 0 radical (unpaired) electrons. The molecule has 0 amide bonds. The van der Waals surface area contributed by atoms with Crippen LogP contribution < -0.4 is 0 Å². The molecule has 4 aliphatic carbocycles. The van der Waals surface area contributed by atoms with E-state index in [2.05, 4.69) is 4.98 Å². The average molecular weight is 494 g/mol. The zero-order valence-electron chi connectivity index (χ0n) is 20.6. The molecule has 2 saturated heterocycles. The lowest BCUT2D eigenvalue weighted by molar-refractivity contribution is -0.390. The molecule has 35 heavy (non-hydrogen) atoms. The Balaban J connectivity index is 1.69.